The minimum absolute atomic E-state index is 0.0522. The number of hydrogen-bond acceptors (Lipinski definition) is 2. The molecule has 0 saturated heterocycles. The van der Waals surface area contributed by atoms with E-state index in [1.165, 1.54) is 16.0 Å². The van der Waals surface area contributed by atoms with E-state index >= 15 is 0 Å². The van der Waals surface area contributed by atoms with Gasteiger partial charge in [0.2, 0.25) is 0 Å². The van der Waals surface area contributed by atoms with Crippen molar-refractivity contribution in [3.63, 3.8) is 0 Å². The fourth-order valence-electron chi connectivity index (χ4n) is 1.19. The highest BCUT2D eigenvalue weighted by molar-refractivity contribution is 8.00. The second-order valence-electron chi connectivity index (χ2n) is 3.48. The molecule has 0 spiro atoms. The van der Waals surface area contributed by atoms with Crippen molar-refractivity contribution in [2.45, 2.75) is 30.9 Å². The first-order valence-corrected chi connectivity index (χ1v) is 5.46. The maximum atomic E-state index is 7.32. The van der Waals surface area contributed by atoms with Gasteiger partial charge in [0.05, 0.1) is 5.25 Å². The van der Waals surface area contributed by atoms with Crippen molar-refractivity contribution < 1.29 is 0 Å². The first-order valence-electron chi connectivity index (χ1n) is 4.58. The maximum Gasteiger partial charge on any atom is 0.104 e. The number of nitrogens with one attached hydrogen (secondary N) is 1. The summed E-state index contributed by atoms with van der Waals surface area (Å²) in [7, 11) is 0. The lowest BCUT2D eigenvalue weighted by molar-refractivity contribution is 1.20. The summed E-state index contributed by atoms with van der Waals surface area (Å²) >= 11 is 1.64. The molecule has 0 radical (unpaired) electrons. The Labute approximate surface area is 89.4 Å². The Hall–Kier alpha value is -0.960. The SMILES string of the molecule is Cc1ccc(SC(C)C(=N)N)c(C)c1. The van der Waals surface area contributed by atoms with Crippen LogP contribution in [-0.2, 0) is 0 Å². The minimum atomic E-state index is 0.0522. The van der Waals surface area contributed by atoms with E-state index in [1.54, 1.807) is 11.8 Å². The molecule has 0 aliphatic rings. The van der Waals surface area contributed by atoms with Gasteiger partial charge in [-0.25, -0.2) is 0 Å². The summed E-state index contributed by atoms with van der Waals surface area (Å²) in [5.74, 6) is 0.231. The Morgan fingerprint density at radius 1 is 1.43 bits per heavy atom. The molecule has 0 aliphatic heterocycles. The normalized spacial score (nSPS) is 12.5. The summed E-state index contributed by atoms with van der Waals surface area (Å²) in [5.41, 5.74) is 7.95. The monoisotopic (exact) mass is 208 g/mol. The maximum absolute atomic E-state index is 7.32. The van der Waals surface area contributed by atoms with Crippen molar-refractivity contribution in [2.24, 2.45) is 5.73 Å². The van der Waals surface area contributed by atoms with Crippen LogP contribution in [0.1, 0.15) is 18.1 Å². The summed E-state index contributed by atoms with van der Waals surface area (Å²) in [6.07, 6.45) is 0. The van der Waals surface area contributed by atoms with E-state index in [9.17, 15) is 0 Å². The zero-order chi connectivity index (χ0) is 10.7. The summed E-state index contributed by atoms with van der Waals surface area (Å²) in [4.78, 5) is 1.21. The zero-order valence-corrected chi connectivity index (χ0v) is 9.61. The molecule has 0 bridgehead atoms. The van der Waals surface area contributed by atoms with E-state index in [1.807, 2.05) is 6.92 Å². The molecule has 14 heavy (non-hydrogen) atoms. The van der Waals surface area contributed by atoms with Crippen molar-refractivity contribution >= 4 is 17.6 Å². The van der Waals surface area contributed by atoms with Crippen molar-refractivity contribution in [3.8, 4) is 0 Å². The molecule has 0 aliphatic carbocycles. The van der Waals surface area contributed by atoms with Crippen LogP contribution in [0.2, 0.25) is 0 Å². The molecule has 1 atom stereocenters. The fourth-order valence-corrected chi connectivity index (χ4v) is 2.08. The highest BCUT2D eigenvalue weighted by Crippen LogP contribution is 2.26. The number of rotatable bonds is 3. The van der Waals surface area contributed by atoms with Crippen LogP contribution in [0.3, 0.4) is 0 Å². The van der Waals surface area contributed by atoms with Crippen LogP contribution in [0.4, 0.5) is 0 Å². The number of amidine groups is 1. The van der Waals surface area contributed by atoms with Crippen LogP contribution in [0.25, 0.3) is 0 Å². The second kappa shape index (κ2) is 4.51. The predicted octanol–water partition coefficient (Wildman–Crippen LogP) is 2.72. The van der Waals surface area contributed by atoms with E-state index < -0.39 is 0 Å². The standard InChI is InChI=1S/C11H16N2S/c1-7-4-5-10(8(2)6-7)14-9(3)11(12)13/h4-6,9H,1-3H3,(H3,12,13). The van der Waals surface area contributed by atoms with Crippen LogP contribution in [0.5, 0.6) is 0 Å². The molecule has 2 nitrogen and oxygen atoms in total. The predicted molar refractivity (Wildman–Crippen MR) is 63.1 cm³/mol. The molecule has 0 saturated carbocycles. The quantitative estimate of drug-likeness (QED) is 0.456. The van der Waals surface area contributed by atoms with E-state index in [-0.39, 0.29) is 11.1 Å². The van der Waals surface area contributed by atoms with E-state index in [0.717, 1.165) is 0 Å². The van der Waals surface area contributed by atoms with Crippen LogP contribution in [0.15, 0.2) is 23.1 Å². The molecular weight excluding hydrogens is 192 g/mol. The molecule has 0 heterocycles. The van der Waals surface area contributed by atoms with Crippen molar-refractivity contribution in [1.82, 2.24) is 0 Å². The Morgan fingerprint density at radius 3 is 2.57 bits per heavy atom. The van der Waals surface area contributed by atoms with Crippen molar-refractivity contribution in [3.05, 3.63) is 29.3 Å². The third kappa shape index (κ3) is 2.77. The highest BCUT2D eigenvalue weighted by atomic mass is 32.2. The largest absolute Gasteiger partial charge is 0.387 e. The van der Waals surface area contributed by atoms with Gasteiger partial charge in [-0.05, 0) is 32.4 Å². The minimum Gasteiger partial charge on any atom is -0.387 e. The average Bonchev–Trinajstić information content (AvgIpc) is 2.09. The molecule has 1 unspecified atom stereocenters. The summed E-state index contributed by atoms with van der Waals surface area (Å²) < 4.78 is 0. The molecule has 1 aromatic carbocycles. The molecular formula is C11H16N2S. The van der Waals surface area contributed by atoms with Gasteiger partial charge < -0.3 is 5.73 Å². The van der Waals surface area contributed by atoms with E-state index in [0.29, 0.717) is 0 Å². The first kappa shape index (κ1) is 11.1. The molecule has 3 heteroatoms. The van der Waals surface area contributed by atoms with Gasteiger partial charge in [-0.15, -0.1) is 11.8 Å². The Bertz CT molecular complexity index is 347. The van der Waals surface area contributed by atoms with Gasteiger partial charge in [0.15, 0.2) is 0 Å². The summed E-state index contributed by atoms with van der Waals surface area (Å²) in [6.45, 7) is 6.12. The summed E-state index contributed by atoms with van der Waals surface area (Å²) in [6, 6.07) is 6.33. The topological polar surface area (TPSA) is 49.9 Å². The zero-order valence-electron chi connectivity index (χ0n) is 8.79. The third-order valence-corrected chi connectivity index (χ3v) is 3.39. The first-order chi connectivity index (χ1) is 6.50. The number of aryl methyl sites for hydroxylation is 2. The van der Waals surface area contributed by atoms with Crippen LogP contribution < -0.4 is 5.73 Å². The van der Waals surface area contributed by atoms with Gasteiger partial charge in [-0.3, -0.25) is 5.41 Å². The Morgan fingerprint density at radius 2 is 2.07 bits per heavy atom. The van der Waals surface area contributed by atoms with Crippen molar-refractivity contribution in [1.29, 1.82) is 5.41 Å². The molecule has 0 aromatic heterocycles. The average molecular weight is 208 g/mol. The lowest BCUT2D eigenvalue weighted by Crippen LogP contribution is -2.21. The van der Waals surface area contributed by atoms with Crippen LogP contribution >= 0.6 is 11.8 Å². The van der Waals surface area contributed by atoms with Gasteiger partial charge in [-0.1, -0.05) is 17.7 Å². The number of hydrogen-bond donors (Lipinski definition) is 2. The Kier molecular flexibility index (Phi) is 3.58. The molecule has 1 aromatic rings. The highest BCUT2D eigenvalue weighted by Gasteiger charge is 2.08. The number of benzene rings is 1. The van der Waals surface area contributed by atoms with Gasteiger partial charge in [-0.2, -0.15) is 0 Å². The Balaban J connectivity index is 2.82. The van der Waals surface area contributed by atoms with Gasteiger partial charge >= 0.3 is 0 Å². The second-order valence-corrected chi connectivity index (χ2v) is 4.87. The summed E-state index contributed by atoms with van der Waals surface area (Å²) in [5, 5.41) is 7.37. The molecule has 0 fully saturated rings. The van der Waals surface area contributed by atoms with Gasteiger partial charge in [0, 0.05) is 4.90 Å². The molecule has 76 valence electrons. The van der Waals surface area contributed by atoms with Gasteiger partial charge in [0.25, 0.3) is 0 Å². The number of nitrogens with two attached hydrogens (primary N) is 1. The lowest BCUT2D eigenvalue weighted by Gasteiger charge is -2.11. The molecule has 3 N–H and O–H groups in total. The smallest absolute Gasteiger partial charge is 0.104 e. The van der Waals surface area contributed by atoms with Crippen LogP contribution in [0, 0.1) is 19.3 Å². The lowest BCUT2D eigenvalue weighted by atomic mass is 10.2. The van der Waals surface area contributed by atoms with Crippen molar-refractivity contribution in [2.75, 3.05) is 0 Å². The van der Waals surface area contributed by atoms with Gasteiger partial charge in [0.1, 0.15) is 5.84 Å². The molecule has 1 rings (SSSR count). The molecule has 0 amide bonds. The third-order valence-electron chi connectivity index (χ3n) is 2.07. The van der Waals surface area contributed by atoms with E-state index in [4.69, 9.17) is 11.1 Å². The number of thioether (sulfide) groups is 1. The van der Waals surface area contributed by atoms with Crippen LogP contribution in [-0.4, -0.2) is 11.1 Å². The fraction of sp³-hybridized carbons (Fsp3) is 0.364. The van der Waals surface area contributed by atoms with E-state index in [2.05, 4.69) is 32.0 Å².